The van der Waals surface area contributed by atoms with Crippen molar-refractivity contribution in [1.29, 1.82) is 0 Å². The zero-order valence-electron chi connectivity index (χ0n) is 6.76. The van der Waals surface area contributed by atoms with Gasteiger partial charge in [0.2, 0.25) is 0 Å². The van der Waals surface area contributed by atoms with Gasteiger partial charge in [0.15, 0.2) is 0 Å². The highest BCUT2D eigenvalue weighted by Gasteiger charge is 2.06. The molecule has 0 radical (unpaired) electrons. The van der Waals surface area contributed by atoms with E-state index in [2.05, 4.69) is 20.7 Å². The minimum absolute atomic E-state index is 0.0200. The van der Waals surface area contributed by atoms with Crippen LogP contribution in [0.2, 0.25) is 0 Å². The number of hydrogen-bond donors (Lipinski definition) is 0. The Morgan fingerprint density at radius 3 is 2.27 bits per heavy atom. The highest BCUT2D eigenvalue weighted by molar-refractivity contribution is 9.09. The Hall–Kier alpha value is -0.510. The fraction of sp³-hybridized carbons (Fsp3) is 0.571. The summed E-state index contributed by atoms with van der Waals surface area (Å²) in [5.41, 5.74) is 0. The minimum atomic E-state index is -0.409. The van der Waals surface area contributed by atoms with Crippen molar-refractivity contribution in [2.75, 3.05) is 14.2 Å². The van der Waals surface area contributed by atoms with Gasteiger partial charge in [-0.1, -0.05) is 15.9 Å². The van der Waals surface area contributed by atoms with Crippen molar-refractivity contribution < 1.29 is 14.3 Å². The Morgan fingerprint density at radius 2 is 2.00 bits per heavy atom. The second-order valence-corrected chi connectivity index (χ2v) is 3.26. The minimum Gasteiger partial charge on any atom is -0.500 e. The molecule has 0 N–H and O–H groups in total. The summed E-state index contributed by atoms with van der Waals surface area (Å²) in [6, 6.07) is 0. The molecule has 0 amide bonds. The SMILES string of the molecule is COC(=O)/C=C(\OC)C(C)Br. The van der Waals surface area contributed by atoms with E-state index in [9.17, 15) is 4.79 Å². The van der Waals surface area contributed by atoms with E-state index in [1.165, 1.54) is 20.3 Å². The largest absolute Gasteiger partial charge is 0.500 e. The molecule has 3 nitrogen and oxygen atoms in total. The van der Waals surface area contributed by atoms with Crippen molar-refractivity contribution in [3.05, 3.63) is 11.8 Å². The number of methoxy groups -OCH3 is 2. The molecule has 0 bridgehead atoms. The Kier molecular flexibility index (Phi) is 4.94. The van der Waals surface area contributed by atoms with Gasteiger partial charge in [-0.25, -0.2) is 4.79 Å². The van der Waals surface area contributed by atoms with Crippen LogP contribution in [0.3, 0.4) is 0 Å². The molecular weight excluding hydrogens is 212 g/mol. The maximum absolute atomic E-state index is 10.7. The van der Waals surface area contributed by atoms with Crippen LogP contribution in [-0.2, 0) is 14.3 Å². The van der Waals surface area contributed by atoms with Crippen LogP contribution in [0.25, 0.3) is 0 Å². The second-order valence-electron chi connectivity index (χ2n) is 1.89. The van der Waals surface area contributed by atoms with Crippen LogP contribution in [0.4, 0.5) is 0 Å². The quantitative estimate of drug-likeness (QED) is 0.314. The van der Waals surface area contributed by atoms with Crippen LogP contribution in [-0.4, -0.2) is 25.0 Å². The van der Waals surface area contributed by atoms with E-state index in [0.717, 1.165) is 0 Å². The highest BCUT2D eigenvalue weighted by Crippen LogP contribution is 2.11. The summed E-state index contributed by atoms with van der Waals surface area (Å²) in [5, 5.41) is 0. The molecule has 0 aromatic carbocycles. The number of halogens is 1. The number of hydrogen-bond acceptors (Lipinski definition) is 3. The molecule has 1 unspecified atom stereocenters. The predicted molar refractivity (Wildman–Crippen MR) is 45.5 cm³/mol. The van der Waals surface area contributed by atoms with E-state index in [1.807, 2.05) is 6.92 Å². The molecule has 0 fully saturated rings. The summed E-state index contributed by atoms with van der Waals surface area (Å²) >= 11 is 3.26. The Labute approximate surface area is 74.5 Å². The number of allylic oxidation sites excluding steroid dienone is 1. The van der Waals surface area contributed by atoms with Gasteiger partial charge in [-0.3, -0.25) is 0 Å². The van der Waals surface area contributed by atoms with Crippen LogP contribution >= 0.6 is 15.9 Å². The Balaban J connectivity index is 4.23. The van der Waals surface area contributed by atoms with Gasteiger partial charge < -0.3 is 9.47 Å². The van der Waals surface area contributed by atoms with Gasteiger partial charge in [0, 0.05) is 0 Å². The number of rotatable bonds is 3. The molecule has 0 spiro atoms. The van der Waals surface area contributed by atoms with E-state index in [4.69, 9.17) is 4.74 Å². The van der Waals surface area contributed by atoms with Crippen LogP contribution in [0.1, 0.15) is 6.92 Å². The van der Waals surface area contributed by atoms with E-state index in [1.54, 1.807) is 0 Å². The summed E-state index contributed by atoms with van der Waals surface area (Å²) in [6.45, 7) is 1.86. The third kappa shape index (κ3) is 4.03. The molecule has 0 saturated heterocycles. The fourth-order valence-corrected chi connectivity index (χ4v) is 0.830. The standard InChI is InChI=1S/C7H11BrO3/c1-5(8)6(10-2)4-7(9)11-3/h4-5H,1-3H3/b6-4-. The highest BCUT2D eigenvalue weighted by atomic mass is 79.9. The molecule has 11 heavy (non-hydrogen) atoms. The van der Waals surface area contributed by atoms with Crippen molar-refractivity contribution in [3.63, 3.8) is 0 Å². The van der Waals surface area contributed by atoms with E-state index < -0.39 is 5.97 Å². The van der Waals surface area contributed by atoms with Crippen LogP contribution in [0.15, 0.2) is 11.8 Å². The van der Waals surface area contributed by atoms with Crippen molar-refractivity contribution in [2.45, 2.75) is 11.8 Å². The van der Waals surface area contributed by atoms with E-state index in [0.29, 0.717) is 5.76 Å². The normalized spacial score (nSPS) is 14.0. The fourth-order valence-electron chi connectivity index (χ4n) is 0.511. The van der Waals surface area contributed by atoms with Crippen molar-refractivity contribution in [3.8, 4) is 0 Å². The lowest BCUT2D eigenvalue weighted by Gasteiger charge is -2.06. The average molecular weight is 223 g/mol. The molecule has 0 aliphatic carbocycles. The average Bonchev–Trinajstić information content (AvgIpc) is 1.99. The molecule has 1 atom stereocenters. The third-order valence-corrected chi connectivity index (χ3v) is 1.54. The van der Waals surface area contributed by atoms with Gasteiger partial charge >= 0.3 is 5.97 Å². The van der Waals surface area contributed by atoms with Crippen LogP contribution in [0, 0.1) is 0 Å². The van der Waals surface area contributed by atoms with Gasteiger partial charge in [0.05, 0.1) is 25.1 Å². The van der Waals surface area contributed by atoms with Crippen LogP contribution < -0.4 is 0 Å². The second kappa shape index (κ2) is 5.18. The van der Waals surface area contributed by atoms with E-state index in [-0.39, 0.29) is 4.83 Å². The zero-order chi connectivity index (χ0) is 8.85. The van der Waals surface area contributed by atoms with Crippen molar-refractivity contribution in [1.82, 2.24) is 0 Å². The molecule has 0 aliphatic rings. The summed E-state index contributed by atoms with van der Waals surface area (Å²) < 4.78 is 9.31. The first-order valence-electron chi connectivity index (χ1n) is 3.09. The molecule has 0 heterocycles. The first-order valence-corrected chi connectivity index (χ1v) is 4.01. The number of carbonyl (C=O) groups is 1. The molecule has 0 rings (SSSR count). The summed E-state index contributed by atoms with van der Waals surface area (Å²) in [6.07, 6.45) is 1.30. The van der Waals surface area contributed by atoms with Crippen LogP contribution in [0.5, 0.6) is 0 Å². The van der Waals surface area contributed by atoms with E-state index >= 15 is 0 Å². The van der Waals surface area contributed by atoms with Gasteiger partial charge in [-0.2, -0.15) is 0 Å². The first kappa shape index (κ1) is 10.5. The molecule has 0 aromatic heterocycles. The monoisotopic (exact) mass is 222 g/mol. The van der Waals surface area contributed by atoms with Gasteiger partial charge in [-0.05, 0) is 6.92 Å². The summed E-state index contributed by atoms with van der Waals surface area (Å²) in [4.78, 5) is 10.7. The molecule has 64 valence electrons. The molecule has 4 heteroatoms. The lowest BCUT2D eigenvalue weighted by atomic mass is 10.3. The maximum Gasteiger partial charge on any atom is 0.333 e. The topological polar surface area (TPSA) is 35.5 Å². The van der Waals surface area contributed by atoms with Crippen molar-refractivity contribution >= 4 is 21.9 Å². The smallest absolute Gasteiger partial charge is 0.333 e. The lowest BCUT2D eigenvalue weighted by molar-refractivity contribution is -0.135. The summed E-state index contributed by atoms with van der Waals surface area (Å²) in [5.74, 6) is 0.144. The molecule has 0 saturated carbocycles. The van der Waals surface area contributed by atoms with Crippen molar-refractivity contribution in [2.24, 2.45) is 0 Å². The number of esters is 1. The molecule has 0 aliphatic heterocycles. The summed E-state index contributed by atoms with van der Waals surface area (Å²) in [7, 11) is 2.83. The molecular formula is C7H11BrO3. The van der Waals surface area contributed by atoms with Gasteiger partial charge in [0.1, 0.15) is 5.76 Å². The number of alkyl halides is 1. The number of carbonyl (C=O) groups excluding carboxylic acids is 1. The molecule has 0 aromatic rings. The maximum atomic E-state index is 10.7. The zero-order valence-corrected chi connectivity index (χ0v) is 8.34. The number of ether oxygens (including phenoxy) is 2. The third-order valence-electron chi connectivity index (χ3n) is 1.09. The first-order chi connectivity index (χ1) is 5.11. The van der Waals surface area contributed by atoms with Gasteiger partial charge in [-0.15, -0.1) is 0 Å². The predicted octanol–water partition coefficient (Wildman–Crippen LogP) is 1.47. The lowest BCUT2D eigenvalue weighted by Crippen LogP contribution is -2.04. The van der Waals surface area contributed by atoms with Gasteiger partial charge in [0.25, 0.3) is 0 Å². The Morgan fingerprint density at radius 1 is 1.45 bits per heavy atom. The Bertz CT molecular complexity index is 163.